The SMILES string of the molecule is C=CC(c1cccc(C)n1)(P(=O)(O)O)P(=O)(O)O. The number of pyridine rings is 1. The summed E-state index contributed by atoms with van der Waals surface area (Å²) in [7, 11) is -10.4. The van der Waals surface area contributed by atoms with E-state index in [0.29, 0.717) is 11.8 Å². The van der Waals surface area contributed by atoms with Crippen LogP contribution in [0.15, 0.2) is 30.9 Å². The summed E-state index contributed by atoms with van der Waals surface area (Å²) in [5.74, 6) is 0. The van der Waals surface area contributed by atoms with Crippen molar-refractivity contribution in [3.05, 3.63) is 42.2 Å². The second kappa shape index (κ2) is 4.70. The highest BCUT2D eigenvalue weighted by Gasteiger charge is 2.60. The molecular weight excluding hydrogens is 280 g/mol. The molecule has 9 heteroatoms. The molecule has 0 unspecified atom stereocenters. The Morgan fingerprint density at radius 3 is 2.06 bits per heavy atom. The van der Waals surface area contributed by atoms with Gasteiger partial charge in [0.05, 0.1) is 5.69 Å². The van der Waals surface area contributed by atoms with Crippen molar-refractivity contribution in [1.29, 1.82) is 0 Å². The third kappa shape index (κ3) is 2.34. The Kier molecular flexibility index (Phi) is 3.98. The van der Waals surface area contributed by atoms with Crippen molar-refractivity contribution in [3.63, 3.8) is 0 Å². The minimum absolute atomic E-state index is 0.376. The van der Waals surface area contributed by atoms with E-state index in [2.05, 4.69) is 11.6 Å². The molecule has 0 saturated carbocycles. The zero-order chi connectivity index (χ0) is 14.2. The molecule has 0 aliphatic carbocycles. The number of rotatable bonds is 4. The molecule has 0 amide bonds. The van der Waals surface area contributed by atoms with Gasteiger partial charge in [0.25, 0.3) is 0 Å². The highest BCUT2D eigenvalue weighted by molar-refractivity contribution is 7.72. The molecule has 0 aliphatic heterocycles. The van der Waals surface area contributed by atoms with E-state index in [1.807, 2.05) is 0 Å². The number of nitrogens with zero attached hydrogens (tertiary/aromatic N) is 1. The van der Waals surface area contributed by atoms with Gasteiger partial charge in [-0.1, -0.05) is 12.1 Å². The van der Waals surface area contributed by atoms with Crippen molar-refractivity contribution in [3.8, 4) is 0 Å². The highest BCUT2D eigenvalue weighted by Crippen LogP contribution is 2.74. The third-order valence-corrected chi connectivity index (χ3v) is 6.60. The van der Waals surface area contributed by atoms with Crippen LogP contribution in [0.25, 0.3) is 0 Å². The first kappa shape index (κ1) is 15.2. The number of aromatic nitrogens is 1. The summed E-state index contributed by atoms with van der Waals surface area (Å²) < 4.78 is 23.1. The van der Waals surface area contributed by atoms with Crippen LogP contribution >= 0.6 is 15.2 Å². The molecule has 0 bridgehead atoms. The molecule has 1 aromatic heterocycles. The van der Waals surface area contributed by atoms with E-state index in [9.17, 15) is 28.7 Å². The normalized spacial score (nSPS) is 13.4. The smallest absolute Gasteiger partial charge is 0.323 e. The predicted molar refractivity (Wildman–Crippen MR) is 64.9 cm³/mol. The van der Waals surface area contributed by atoms with Crippen LogP contribution < -0.4 is 0 Å². The Hall–Kier alpha value is -0.810. The zero-order valence-corrected chi connectivity index (χ0v) is 11.3. The van der Waals surface area contributed by atoms with Crippen LogP contribution in [0.4, 0.5) is 0 Å². The minimum atomic E-state index is -5.21. The Bertz CT molecular complexity index is 538. The molecule has 7 nitrogen and oxygen atoms in total. The number of hydrogen-bond donors (Lipinski definition) is 4. The lowest BCUT2D eigenvalue weighted by molar-refractivity contribution is 0.321. The summed E-state index contributed by atoms with van der Waals surface area (Å²) in [6, 6.07) is 4.09. The average Bonchev–Trinajstić information content (AvgIpc) is 2.14. The monoisotopic (exact) mass is 293 g/mol. The van der Waals surface area contributed by atoms with Gasteiger partial charge in [0, 0.05) is 5.69 Å². The van der Waals surface area contributed by atoms with E-state index < -0.39 is 25.8 Å². The van der Waals surface area contributed by atoms with Gasteiger partial charge in [0.15, 0.2) is 0 Å². The molecular formula is C9H13NO6P2. The minimum Gasteiger partial charge on any atom is -0.323 e. The van der Waals surface area contributed by atoms with E-state index in [4.69, 9.17) is 0 Å². The van der Waals surface area contributed by atoms with Gasteiger partial charge in [0.1, 0.15) is 0 Å². The molecule has 0 aliphatic rings. The standard InChI is InChI=1S/C9H13NO6P2/c1-3-9(17(11,12)13,18(14,15)16)8-6-4-5-7(2)10-8/h3-6H,1H2,2H3,(H2,11,12,13)(H2,14,15,16). The van der Waals surface area contributed by atoms with Crippen LogP contribution in [0.3, 0.4) is 0 Å². The molecule has 1 rings (SSSR count). The van der Waals surface area contributed by atoms with Crippen molar-refractivity contribution in [1.82, 2.24) is 4.98 Å². The lowest BCUT2D eigenvalue weighted by Gasteiger charge is -2.31. The second-order valence-electron chi connectivity index (χ2n) is 3.68. The van der Waals surface area contributed by atoms with Gasteiger partial charge >= 0.3 is 15.2 Å². The van der Waals surface area contributed by atoms with Crippen molar-refractivity contribution in [2.45, 2.75) is 11.8 Å². The molecule has 1 heterocycles. The second-order valence-corrected chi connectivity index (χ2v) is 7.62. The van der Waals surface area contributed by atoms with Crippen LogP contribution in [0, 0.1) is 6.92 Å². The fourth-order valence-electron chi connectivity index (χ4n) is 1.56. The van der Waals surface area contributed by atoms with Crippen LogP contribution in [-0.2, 0) is 14.0 Å². The lowest BCUT2D eigenvalue weighted by atomic mass is 10.2. The summed E-state index contributed by atoms with van der Waals surface area (Å²) in [5.41, 5.74) is -0.0280. The van der Waals surface area contributed by atoms with Gasteiger partial charge in [0.2, 0.25) is 4.90 Å². The van der Waals surface area contributed by atoms with E-state index >= 15 is 0 Å². The molecule has 0 spiro atoms. The molecule has 1 aromatic rings. The molecule has 4 N–H and O–H groups in total. The number of hydrogen-bond acceptors (Lipinski definition) is 3. The highest BCUT2D eigenvalue weighted by atomic mass is 31.2. The Labute approximate surface area is 104 Å². The van der Waals surface area contributed by atoms with Gasteiger partial charge in [-0.2, -0.15) is 0 Å². The van der Waals surface area contributed by atoms with Crippen LogP contribution in [0.1, 0.15) is 11.4 Å². The van der Waals surface area contributed by atoms with Crippen molar-refractivity contribution in [2.75, 3.05) is 0 Å². The van der Waals surface area contributed by atoms with E-state index in [-0.39, 0.29) is 0 Å². The Balaban J connectivity index is 3.73. The lowest BCUT2D eigenvalue weighted by Crippen LogP contribution is -2.25. The summed E-state index contributed by atoms with van der Waals surface area (Å²) in [4.78, 5) is 38.2. The van der Waals surface area contributed by atoms with Crippen molar-refractivity contribution in [2.24, 2.45) is 0 Å². The molecule has 0 saturated heterocycles. The average molecular weight is 293 g/mol. The van der Waals surface area contributed by atoms with Crippen LogP contribution in [0.5, 0.6) is 0 Å². The largest absolute Gasteiger partial charge is 0.353 e. The first-order valence-corrected chi connectivity index (χ1v) is 7.98. The summed E-state index contributed by atoms with van der Waals surface area (Å²) >= 11 is 0. The summed E-state index contributed by atoms with van der Waals surface area (Å²) in [5, 5.41) is 0. The maximum Gasteiger partial charge on any atom is 0.353 e. The van der Waals surface area contributed by atoms with Gasteiger partial charge in [-0.25, -0.2) is 0 Å². The van der Waals surface area contributed by atoms with E-state index in [1.165, 1.54) is 19.1 Å². The fraction of sp³-hybridized carbons (Fsp3) is 0.222. The van der Waals surface area contributed by atoms with Gasteiger partial charge in [-0.3, -0.25) is 14.1 Å². The summed E-state index contributed by atoms with van der Waals surface area (Å²) in [6.07, 6.45) is 0.566. The quantitative estimate of drug-likeness (QED) is 0.483. The van der Waals surface area contributed by atoms with Crippen LogP contribution in [0.2, 0.25) is 0 Å². The predicted octanol–water partition coefficient (Wildman–Crippen LogP) is 1.08. The molecule has 18 heavy (non-hydrogen) atoms. The fourth-order valence-corrected chi connectivity index (χ4v) is 4.24. The Morgan fingerprint density at radius 2 is 1.72 bits per heavy atom. The van der Waals surface area contributed by atoms with Crippen molar-refractivity contribution < 1.29 is 28.7 Å². The molecule has 0 fully saturated rings. The molecule has 100 valence electrons. The van der Waals surface area contributed by atoms with Gasteiger partial charge in [-0.15, -0.1) is 6.58 Å². The maximum atomic E-state index is 11.5. The number of allylic oxidation sites excluding steroid dienone is 1. The van der Waals surface area contributed by atoms with E-state index in [1.54, 1.807) is 0 Å². The molecule has 0 atom stereocenters. The first-order chi connectivity index (χ1) is 8.06. The molecule has 0 radical (unpaired) electrons. The zero-order valence-electron chi connectivity index (χ0n) is 9.46. The topological polar surface area (TPSA) is 128 Å². The Morgan fingerprint density at radius 1 is 1.22 bits per heavy atom. The van der Waals surface area contributed by atoms with Gasteiger partial charge < -0.3 is 19.6 Å². The molecule has 0 aromatic carbocycles. The van der Waals surface area contributed by atoms with E-state index in [0.717, 1.165) is 6.07 Å². The van der Waals surface area contributed by atoms with Gasteiger partial charge in [-0.05, 0) is 19.1 Å². The first-order valence-electron chi connectivity index (χ1n) is 4.75. The summed E-state index contributed by atoms with van der Waals surface area (Å²) in [6.45, 7) is 4.69. The maximum absolute atomic E-state index is 11.5. The van der Waals surface area contributed by atoms with Crippen molar-refractivity contribution >= 4 is 15.2 Å². The van der Waals surface area contributed by atoms with Crippen LogP contribution in [-0.4, -0.2) is 24.6 Å². The number of aryl methyl sites for hydroxylation is 1. The third-order valence-electron chi connectivity index (χ3n) is 2.44.